The van der Waals surface area contributed by atoms with Crippen LogP contribution < -0.4 is 5.73 Å². The number of hydrogen-bond acceptors (Lipinski definition) is 3. The second-order valence-electron chi connectivity index (χ2n) is 13.6. The fourth-order valence-corrected chi connectivity index (χ4v) is 7.46. The molecule has 0 spiro atoms. The first kappa shape index (κ1) is 32.8. The first-order valence-electron chi connectivity index (χ1n) is 18.3. The van der Waals surface area contributed by atoms with E-state index in [9.17, 15) is 0 Å². The smallest absolute Gasteiger partial charge is 0.0794 e. The van der Waals surface area contributed by atoms with Crippen molar-refractivity contribution in [1.82, 2.24) is 9.97 Å². The predicted molar refractivity (Wildman–Crippen MR) is 229 cm³/mol. The second kappa shape index (κ2) is 14.1. The summed E-state index contributed by atoms with van der Waals surface area (Å²) < 4.78 is 0. The lowest BCUT2D eigenvalue weighted by Gasteiger charge is -2.15. The normalized spacial score (nSPS) is 11.9. The van der Waals surface area contributed by atoms with E-state index in [1.165, 1.54) is 16.3 Å². The number of fused-ring (bicyclic) bond motifs is 4. The molecule has 2 aromatic heterocycles. The molecule has 0 saturated carbocycles. The van der Waals surface area contributed by atoms with E-state index in [1.807, 2.05) is 43.5 Å². The lowest BCUT2D eigenvalue weighted by molar-refractivity contribution is 1.33. The summed E-state index contributed by atoms with van der Waals surface area (Å²) >= 11 is 0. The van der Waals surface area contributed by atoms with Gasteiger partial charge in [0.05, 0.1) is 16.7 Å². The van der Waals surface area contributed by atoms with Crippen LogP contribution in [0.3, 0.4) is 0 Å². The van der Waals surface area contributed by atoms with Gasteiger partial charge in [0.1, 0.15) is 0 Å². The molecule has 0 bridgehead atoms. The topological polar surface area (TPSA) is 51.8 Å². The molecule has 7 aromatic carbocycles. The van der Waals surface area contributed by atoms with Gasteiger partial charge >= 0.3 is 0 Å². The predicted octanol–water partition coefficient (Wildman–Crippen LogP) is 13.1. The molecule has 0 aliphatic rings. The van der Waals surface area contributed by atoms with E-state index in [4.69, 9.17) is 10.7 Å². The van der Waals surface area contributed by atoms with Crippen molar-refractivity contribution in [2.75, 3.05) is 0 Å². The Morgan fingerprint density at radius 2 is 1.15 bits per heavy atom. The molecular formula is C51H37N3. The molecule has 0 aliphatic carbocycles. The molecule has 9 aromatic rings. The molecule has 0 unspecified atom stereocenters. The summed E-state index contributed by atoms with van der Waals surface area (Å²) in [5, 5.41) is 4.66. The van der Waals surface area contributed by atoms with Gasteiger partial charge in [0, 0.05) is 39.2 Å². The van der Waals surface area contributed by atoms with Crippen molar-refractivity contribution in [3.63, 3.8) is 0 Å². The summed E-state index contributed by atoms with van der Waals surface area (Å²) in [4.78, 5) is 9.79. The molecule has 3 heteroatoms. The summed E-state index contributed by atoms with van der Waals surface area (Å²) in [6.07, 6.45) is 7.74. The Morgan fingerprint density at radius 1 is 0.500 bits per heavy atom. The SMILES string of the molecule is C/C=C\C=C(/N)c1cccc(-c2cc(-c3ccc(-c4c5ccccc5nc5c4ccc4ccccc45)cc3)cc(-c3cccc(-c4ccccn4)c3)c2)c1. The third-order valence-corrected chi connectivity index (χ3v) is 10.2. The molecule has 0 saturated heterocycles. The molecular weight excluding hydrogens is 655 g/mol. The number of nitrogens with two attached hydrogens (primary N) is 1. The average molecular weight is 692 g/mol. The highest BCUT2D eigenvalue weighted by Gasteiger charge is 2.15. The van der Waals surface area contributed by atoms with Gasteiger partial charge in [0.2, 0.25) is 0 Å². The summed E-state index contributed by atoms with van der Waals surface area (Å²) in [6.45, 7) is 1.99. The minimum atomic E-state index is 0.731. The standard InChI is InChI=1S/C51H37N3/c1-2-3-19-47(52)39-15-10-13-37(29-39)42-31-41(32-43(33-42)38-14-11-16-40(30-38)48-20-8-9-28-53-48)34-22-24-36(25-23-34)50-45-18-6-7-21-49(45)54-51-44-17-5-4-12-35(44)26-27-46(50)51/h2-33H,52H2,1H3/b3-2-,47-19-. The van der Waals surface area contributed by atoms with Gasteiger partial charge in [-0.05, 0) is 111 Å². The molecule has 2 heterocycles. The van der Waals surface area contributed by atoms with Gasteiger partial charge in [-0.3, -0.25) is 4.98 Å². The average Bonchev–Trinajstić information content (AvgIpc) is 3.25. The van der Waals surface area contributed by atoms with E-state index in [-0.39, 0.29) is 0 Å². The van der Waals surface area contributed by atoms with Crippen molar-refractivity contribution < 1.29 is 0 Å². The summed E-state index contributed by atoms with van der Waals surface area (Å²) in [5.41, 5.74) is 21.4. The summed E-state index contributed by atoms with van der Waals surface area (Å²) in [5.74, 6) is 0. The third-order valence-electron chi connectivity index (χ3n) is 10.2. The highest BCUT2D eigenvalue weighted by Crippen LogP contribution is 2.40. The third kappa shape index (κ3) is 6.23. The van der Waals surface area contributed by atoms with Gasteiger partial charge in [-0.1, -0.05) is 133 Å². The Labute approximate surface area is 315 Å². The van der Waals surface area contributed by atoms with E-state index in [0.29, 0.717) is 0 Å². The Kier molecular flexibility index (Phi) is 8.58. The number of benzene rings is 7. The minimum absolute atomic E-state index is 0.731. The van der Waals surface area contributed by atoms with Crippen LogP contribution in [0.4, 0.5) is 0 Å². The van der Waals surface area contributed by atoms with Crippen LogP contribution in [0.25, 0.3) is 94.0 Å². The number of hydrogen-bond donors (Lipinski definition) is 1. The lowest BCUT2D eigenvalue weighted by atomic mass is 9.90. The van der Waals surface area contributed by atoms with Gasteiger partial charge in [0.25, 0.3) is 0 Å². The van der Waals surface area contributed by atoms with E-state index in [2.05, 4.69) is 163 Å². The lowest BCUT2D eigenvalue weighted by Crippen LogP contribution is -1.96. The van der Waals surface area contributed by atoms with E-state index in [1.54, 1.807) is 0 Å². The van der Waals surface area contributed by atoms with Gasteiger partial charge < -0.3 is 5.73 Å². The van der Waals surface area contributed by atoms with Gasteiger partial charge in [0.15, 0.2) is 0 Å². The highest BCUT2D eigenvalue weighted by atomic mass is 14.7. The number of para-hydroxylation sites is 1. The molecule has 0 fully saturated rings. The van der Waals surface area contributed by atoms with E-state index >= 15 is 0 Å². The Balaban J connectivity index is 1.19. The van der Waals surface area contributed by atoms with Gasteiger partial charge in [-0.25, -0.2) is 4.98 Å². The van der Waals surface area contributed by atoms with Crippen LogP contribution in [0.15, 0.2) is 194 Å². The fourth-order valence-electron chi connectivity index (χ4n) is 7.46. The van der Waals surface area contributed by atoms with Crippen LogP contribution in [0.5, 0.6) is 0 Å². The monoisotopic (exact) mass is 691 g/mol. The van der Waals surface area contributed by atoms with Crippen LogP contribution in [0.1, 0.15) is 12.5 Å². The zero-order valence-corrected chi connectivity index (χ0v) is 29.9. The first-order chi connectivity index (χ1) is 26.6. The van der Waals surface area contributed by atoms with Gasteiger partial charge in [-0.2, -0.15) is 0 Å². The quantitative estimate of drug-likeness (QED) is 0.103. The summed E-state index contributed by atoms with van der Waals surface area (Å²) in [6, 6.07) is 60.4. The van der Waals surface area contributed by atoms with Crippen LogP contribution >= 0.6 is 0 Å². The molecule has 9 rings (SSSR count). The molecule has 2 N–H and O–H groups in total. The number of rotatable bonds is 7. The number of pyridine rings is 2. The van der Waals surface area contributed by atoms with Crippen LogP contribution in [-0.2, 0) is 0 Å². The molecule has 0 amide bonds. The Bertz CT molecular complexity index is 2880. The second-order valence-corrected chi connectivity index (χ2v) is 13.6. The van der Waals surface area contributed by atoms with E-state index < -0.39 is 0 Å². The van der Waals surface area contributed by atoms with Crippen LogP contribution in [-0.4, -0.2) is 9.97 Å². The molecule has 0 atom stereocenters. The molecule has 54 heavy (non-hydrogen) atoms. The Morgan fingerprint density at radius 3 is 1.93 bits per heavy atom. The van der Waals surface area contributed by atoms with Crippen LogP contribution in [0.2, 0.25) is 0 Å². The van der Waals surface area contributed by atoms with Crippen molar-refractivity contribution in [3.05, 3.63) is 200 Å². The first-order valence-corrected chi connectivity index (χ1v) is 18.3. The zero-order valence-electron chi connectivity index (χ0n) is 29.9. The van der Waals surface area contributed by atoms with E-state index in [0.717, 1.165) is 83.3 Å². The van der Waals surface area contributed by atoms with Crippen molar-refractivity contribution in [3.8, 4) is 55.8 Å². The fraction of sp³-hybridized carbons (Fsp3) is 0.0196. The molecule has 0 radical (unpaired) electrons. The van der Waals surface area contributed by atoms with Crippen LogP contribution in [0, 0.1) is 0 Å². The minimum Gasteiger partial charge on any atom is -0.398 e. The molecule has 3 nitrogen and oxygen atoms in total. The van der Waals surface area contributed by atoms with Crippen molar-refractivity contribution >= 4 is 38.3 Å². The number of allylic oxidation sites excluding steroid dienone is 3. The zero-order chi connectivity index (χ0) is 36.4. The van der Waals surface area contributed by atoms with Crippen molar-refractivity contribution in [2.24, 2.45) is 5.73 Å². The van der Waals surface area contributed by atoms with Crippen molar-refractivity contribution in [2.45, 2.75) is 6.92 Å². The molecule has 256 valence electrons. The highest BCUT2D eigenvalue weighted by molar-refractivity contribution is 6.17. The molecule has 0 aliphatic heterocycles. The maximum atomic E-state index is 6.50. The number of nitrogens with zero attached hydrogens (tertiary/aromatic N) is 2. The maximum Gasteiger partial charge on any atom is 0.0794 e. The Hall–Kier alpha value is -7.10. The number of aromatic nitrogens is 2. The summed E-state index contributed by atoms with van der Waals surface area (Å²) in [7, 11) is 0. The van der Waals surface area contributed by atoms with Crippen molar-refractivity contribution in [1.29, 1.82) is 0 Å². The largest absolute Gasteiger partial charge is 0.398 e. The maximum absolute atomic E-state index is 6.50. The van der Waals surface area contributed by atoms with Gasteiger partial charge in [-0.15, -0.1) is 0 Å².